The van der Waals surface area contributed by atoms with E-state index in [1.54, 1.807) is 27.6 Å². The summed E-state index contributed by atoms with van der Waals surface area (Å²) in [5.74, 6) is 0.855. The Morgan fingerprint density at radius 3 is 2.79 bits per heavy atom. The first kappa shape index (κ1) is 17.4. The lowest BCUT2D eigenvalue weighted by molar-refractivity contribution is -0.132. The highest BCUT2D eigenvalue weighted by Gasteiger charge is 2.24. The van der Waals surface area contributed by atoms with Crippen molar-refractivity contribution in [3.63, 3.8) is 0 Å². The van der Waals surface area contributed by atoms with Gasteiger partial charge in [-0.3, -0.25) is 9.36 Å². The van der Waals surface area contributed by atoms with Crippen LogP contribution in [0.15, 0.2) is 45.9 Å². The number of amides is 1. The molecule has 0 unspecified atom stereocenters. The normalized spacial score (nSPS) is 14.8. The number of aryl methyl sites for hydroxylation is 1. The Morgan fingerprint density at radius 2 is 1.97 bits per heavy atom. The topological polar surface area (TPSA) is 102 Å². The minimum Gasteiger partial charge on any atom is -0.408 e. The number of rotatable bonds is 3. The van der Waals surface area contributed by atoms with Crippen molar-refractivity contribution in [3.8, 4) is 0 Å². The van der Waals surface area contributed by atoms with Crippen LogP contribution < -0.4 is 10.7 Å². The minimum atomic E-state index is -0.515. The first-order valence-corrected chi connectivity index (χ1v) is 9.38. The van der Waals surface area contributed by atoms with Crippen LogP contribution >= 0.6 is 0 Å². The zero-order chi connectivity index (χ0) is 20.0. The molecule has 0 spiro atoms. The summed E-state index contributed by atoms with van der Waals surface area (Å²) in [5.41, 5.74) is 1.98. The van der Waals surface area contributed by atoms with E-state index in [9.17, 15) is 9.59 Å². The number of para-hydroxylation sites is 2. The minimum absolute atomic E-state index is 0.0302. The van der Waals surface area contributed by atoms with Crippen molar-refractivity contribution in [1.82, 2.24) is 29.0 Å². The summed E-state index contributed by atoms with van der Waals surface area (Å²) in [7, 11) is 0. The average molecular weight is 393 g/mol. The number of oxazole rings is 1. The monoisotopic (exact) mass is 393 g/mol. The number of aromatic nitrogens is 5. The third-order valence-electron chi connectivity index (χ3n) is 5.18. The van der Waals surface area contributed by atoms with E-state index in [0.717, 1.165) is 11.5 Å². The van der Waals surface area contributed by atoms with Gasteiger partial charge in [-0.15, -0.1) is 0 Å². The van der Waals surface area contributed by atoms with Gasteiger partial charge in [0.05, 0.1) is 5.52 Å². The van der Waals surface area contributed by atoms with Crippen molar-refractivity contribution in [2.75, 3.05) is 31.1 Å². The van der Waals surface area contributed by atoms with E-state index >= 15 is 0 Å². The van der Waals surface area contributed by atoms with Crippen LogP contribution in [0.4, 0.5) is 5.82 Å². The molecule has 1 aliphatic heterocycles. The van der Waals surface area contributed by atoms with Crippen LogP contribution in [-0.4, -0.2) is 61.1 Å². The van der Waals surface area contributed by atoms with Crippen LogP contribution in [0.1, 0.15) is 5.69 Å². The molecule has 0 radical (unpaired) electrons. The number of benzene rings is 1. The van der Waals surface area contributed by atoms with E-state index in [1.165, 1.54) is 10.9 Å². The van der Waals surface area contributed by atoms with Crippen molar-refractivity contribution < 1.29 is 9.21 Å². The van der Waals surface area contributed by atoms with Gasteiger partial charge in [0.1, 0.15) is 18.7 Å². The molecule has 148 valence electrons. The Bertz CT molecular complexity index is 1260. The Balaban J connectivity index is 1.31. The lowest BCUT2D eigenvalue weighted by Gasteiger charge is -2.36. The van der Waals surface area contributed by atoms with Crippen molar-refractivity contribution in [3.05, 3.63) is 52.9 Å². The van der Waals surface area contributed by atoms with E-state index in [1.807, 2.05) is 19.1 Å². The predicted molar refractivity (Wildman–Crippen MR) is 105 cm³/mol. The Hall–Kier alpha value is -3.69. The first-order valence-electron chi connectivity index (χ1n) is 9.38. The van der Waals surface area contributed by atoms with Gasteiger partial charge in [-0.05, 0) is 19.1 Å². The van der Waals surface area contributed by atoms with E-state index in [4.69, 9.17) is 4.42 Å². The molecule has 0 bridgehead atoms. The summed E-state index contributed by atoms with van der Waals surface area (Å²) in [5, 5.41) is 4.25. The number of piperazine rings is 1. The maximum absolute atomic E-state index is 12.8. The van der Waals surface area contributed by atoms with Crippen LogP contribution in [0.3, 0.4) is 0 Å². The van der Waals surface area contributed by atoms with E-state index < -0.39 is 5.76 Å². The molecule has 0 saturated carbocycles. The molecule has 0 atom stereocenters. The third kappa shape index (κ3) is 3.02. The largest absolute Gasteiger partial charge is 0.420 e. The molecule has 1 aliphatic rings. The first-order chi connectivity index (χ1) is 14.1. The molecule has 1 saturated heterocycles. The van der Waals surface area contributed by atoms with Gasteiger partial charge in [0, 0.05) is 37.9 Å². The smallest absolute Gasteiger partial charge is 0.408 e. The molecule has 10 heteroatoms. The molecule has 29 heavy (non-hydrogen) atoms. The fourth-order valence-corrected chi connectivity index (χ4v) is 3.72. The third-order valence-corrected chi connectivity index (χ3v) is 5.18. The Morgan fingerprint density at radius 1 is 1.17 bits per heavy atom. The summed E-state index contributed by atoms with van der Waals surface area (Å²) in [4.78, 5) is 37.4. The fourth-order valence-electron chi connectivity index (χ4n) is 3.72. The molecular formula is C19H19N7O3. The highest BCUT2D eigenvalue weighted by molar-refractivity contribution is 5.79. The number of carbonyl (C=O) groups is 1. The van der Waals surface area contributed by atoms with Gasteiger partial charge in [-0.2, -0.15) is 14.6 Å². The summed E-state index contributed by atoms with van der Waals surface area (Å²) in [6, 6.07) is 9.08. The predicted octanol–water partition coefficient (Wildman–Crippen LogP) is 0.689. The van der Waals surface area contributed by atoms with Gasteiger partial charge >= 0.3 is 5.76 Å². The average Bonchev–Trinajstić information content (AvgIpc) is 3.32. The SMILES string of the molecule is Cc1cc(N2CCN(C(=O)Cn3c(=O)oc4ccccc43)CC2)n2ncnc2n1. The highest BCUT2D eigenvalue weighted by Crippen LogP contribution is 2.18. The second-order valence-corrected chi connectivity index (χ2v) is 7.02. The number of carbonyl (C=O) groups excluding carboxylic acids is 1. The molecule has 4 aromatic rings. The van der Waals surface area contributed by atoms with Crippen molar-refractivity contribution in [1.29, 1.82) is 0 Å². The maximum Gasteiger partial charge on any atom is 0.420 e. The summed E-state index contributed by atoms with van der Waals surface area (Å²) < 4.78 is 8.31. The molecule has 3 aromatic heterocycles. The summed E-state index contributed by atoms with van der Waals surface area (Å²) >= 11 is 0. The second-order valence-electron chi connectivity index (χ2n) is 7.02. The quantitative estimate of drug-likeness (QED) is 0.505. The van der Waals surface area contributed by atoms with Gasteiger partial charge in [0.2, 0.25) is 5.91 Å². The summed E-state index contributed by atoms with van der Waals surface area (Å²) in [6.45, 7) is 4.32. The van der Waals surface area contributed by atoms with Crippen LogP contribution in [-0.2, 0) is 11.3 Å². The molecule has 0 N–H and O–H groups in total. The molecule has 5 rings (SSSR count). The molecular weight excluding hydrogens is 374 g/mol. The van der Waals surface area contributed by atoms with Gasteiger partial charge in [-0.1, -0.05) is 12.1 Å². The van der Waals surface area contributed by atoms with E-state index in [0.29, 0.717) is 43.1 Å². The van der Waals surface area contributed by atoms with Gasteiger partial charge in [0.15, 0.2) is 5.58 Å². The van der Waals surface area contributed by atoms with Crippen LogP contribution in [0, 0.1) is 6.92 Å². The highest BCUT2D eigenvalue weighted by atomic mass is 16.4. The van der Waals surface area contributed by atoms with E-state index in [2.05, 4.69) is 20.0 Å². The Kier molecular flexibility index (Phi) is 4.04. The lowest BCUT2D eigenvalue weighted by atomic mass is 10.3. The Labute approximate surface area is 165 Å². The zero-order valence-electron chi connectivity index (χ0n) is 15.9. The number of anilines is 1. The van der Waals surface area contributed by atoms with Crippen LogP contribution in [0.25, 0.3) is 16.9 Å². The van der Waals surface area contributed by atoms with E-state index in [-0.39, 0.29) is 12.5 Å². The maximum atomic E-state index is 12.8. The standard InChI is InChI=1S/C19H19N7O3/c1-13-10-16(26-18(22-13)20-12-21-26)23-6-8-24(9-7-23)17(27)11-25-14-4-2-3-5-15(14)29-19(25)28/h2-5,10,12H,6-9,11H2,1H3. The zero-order valence-corrected chi connectivity index (χ0v) is 15.9. The fraction of sp³-hybridized carbons (Fsp3) is 0.316. The van der Waals surface area contributed by atoms with Gasteiger partial charge in [-0.25, -0.2) is 9.78 Å². The van der Waals surface area contributed by atoms with Gasteiger partial charge in [0.25, 0.3) is 5.78 Å². The van der Waals surface area contributed by atoms with Gasteiger partial charge < -0.3 is 14.2 Å². The van der Waals surface area contributed by atoms with Crippen molar-refractivity contribution >= 4 is 28.6 Å². The second kappa shape index (κ2) is 6.73. The molecule has 1 aromatic carbocycles. The number of hydrogen-bond donors (Lipinski definition) is 0. The number of fused-ring (bicyclic) bond motifs is 2. The number of hydrogen-bond acceptors (Lipinski definition) is 7. The molecule has 10 nitrogen and oxygen atoms in total. The molecule has 1 fully saturated rings. The summed E-state index contributed by atoms with van der Waals surface area (Å²) in [6.07, 6.45) is 1.48. The molecule has 0 aliphatic carbocycles. The molecule has 1 amide bonds. The molecule has 4 heterocycles. The van der Waals surface area contributed by atoms with Crippen LogP contribution in [0.2, 0.25) is 0 Å². The van der Waals surface area contributed by atoms with Crippen molar-refractivity contribution in [2.24, 2.45) is 0 Å². The lowest BCUT2D eigenvalue weighted by Crippen LogP contribution is -2.50. The van der Waals surface area contributed by atoms with Crippen molar-refractivity contribution in [2.45, 2.75) is 13.5 Å². The number of nitrogens with zero attached hydrogens (tertiary/aromatic N) is 7. The van der Waals surface area contributed by atoms with Crippen LogP contribution in [0.5, 0.6) is 0 Å².